The first kappa shape index (κ1) is 17.5. The van der Waals surface area contributed by atoms with Crippen LogP contribution in [0.5, 0.6) is 0 Å². The van der Waals surface area contributed by atoms with E-state index in [4.69, 9.17) is 22.4 Å². The van der Waals surface area contributed by atoms with Gasteiger partial charge in [-0.2, -0.15) is 0 Å². The molecule has 0 unspecified atom stereocenters. The summed E-state index contributed by atoms with van der Waals surface area (Å²) < 4.78 is 13.5. The Morgan fingerprint density at radius 2 is 2.13 bits per heavy atom. The number of hydrogen-bond acceptors (Lipinski definition) is 4. The normalized spacial score (nSPS) is 20.2. The molecular formula is C15H19ClFN3O3. The van der Waals surface area contributed by atoms with E-state index in [1.807, 2.05) is 11.8 Å². The lowest BCUT2D eigenvalue weighted by molar-refractivity contribution is -0.139. The standard InChI is InChI=1S/C15H19ClFN3O3/c1-2-20(7-13(21)22)10-5-9(6-10)19-15(23)11-3-8(16)4-12(17)14(11)18/h3-4,9-10H,2,5-7,18H2,1H3,(H,19,23)(H,21,22). The van der Waals surface area contributed by atoms with E-state index < -0.39 is 17.7 Å². The van der Waals surface area contributed by atoms with E-state index in [9.17, 15) is 14.0 Å². The van der Waals surface area contributed by atoms with Gasteiger partial charge >= 0.3 is 5.97 Å². The SMILES string of the molecule is CCN(CC(=O)O)C1CC(NC(=O)c2cc(Cl)cc(F)c2N)C1. The molecule has 1 amide bonds. The quantitative estimate of drug-likeness (QED) is 0.684. The number of nitrogens with two attached hydrogens (primary N) is 1. The van der Waals surface area contributed by atoms with Gasteiger partial charge in [-0.15, -0.1) is 0 Å². The summed E-state index contributed by atoms with van der Waals surface area (Å²) in [6, 6.07) is 2.42. The number of nitrogen functional groups attached to an aromatic ring is 1. The Bertz CT molecular complexity index is 620. The van der Waals surface area contributed by atoms with Crippen LogP contribution in [-0.4, -0.2) is 47.1 Å². The van der Waals surface area contributed by atoms with Crippen LogP contribution in [-0.2, 0) is 4.79 Å². The van der Waals surface area contributed by atoms with Crippen LogP contribution < -0.4 is 11.1 Å². The molecule has 0 aliphatic heterocycles. The van der Waals surface area contributed by atoms with Crippen molar-refractivity contribution >= 4 is 29.2 Å². The van der Waals surface area contributed by atoms with E-state index in [1.165, 1.54) is 6.07 Å². The number of nitrogens with zero attached hydrogens (tertiary/aromatic N) is 1. The molecule has 8 heteroatoms. The molecule has 1 aliphatic rings. The van der Waals surface area contributed by atoms with Gasteiger partial charge in [0.15, 0.2) is 0 Å². The lowest BCUT2D eigenvalue weighted by Crippen LogP contribution is -2.54. The fourth-order valence-corrected chi connectivity index (χ4v) is 2.92. The smallest absolute Gasteiger partial charge is 0.317 e. The highest BCUT2D eigenvalue weighted by molar-refractivity contribution is 6.31. The van der Waals surface area contributed by atoms with Crippen molar-refractivity contribution in [3.8, 4) is 0 Å². The Labute approximate surface area is 138 Å². The molecule has 0 spiro atoms. The highest BCUT2D eigenvalue weighted by atomic mass is 35.5. The summed E-state index contributed by atoms with van der Waals surface area (Å²) in [5.74, 6) is -2.08. The zero-order valence-corrected chi connectivity index (χ0v) is 13.4. The molecule has 1 aliphatic carbocycles. The largest absolute Gasteiger partial charge is 0.480 e. The number of benzene rings is 1. The van der Waals surface area contributed by atoms with E-state index in [2.05, 4.69) is 5.32 Å². The molecule has 1 fully saturated rings. The fourth-order valence-electron chi connectivity index (χ4n) is 2.71. The van der Waals surface area contributed by atoms with Crippen molar-refractivity contribution in [2.45, 2.75) is 31.8 Å². The number of rotatable bonds is 6. The molecule has 4 N–H and O–H groups in total. The Hall–Kier alpha value is -1.86. The van der Waals surface area contributed by atoms with Crippen LogP contribution in [0.25, 0.3) is 0 Å². The van der Waals surface area contributed by atoms with Gasteiger partial charge in [0.2, 0.25) is 0 Å². The van der Waals surface area contributed by atoms with Crippen molar-refractivity contribution in [2.24, 2.45) is 0 Å². The number of carboxylic acids is 1. The van der Waals surface area contributed by atoms with Crippen molar-refractivity contribution in [3.05, 3.63) is 28.5 Å². The predicted octanol–water partition coefficient (Wildman–Crippen LogP) is 1.73. The van der Waals surface area contributed by atoms with Crippen molar-refractivity contribution in [1.82, 2.24) is 10.2 Å². The molecule has 0 saturated heterocycles. The molecule has 23 heavy (non-hydrogen) atoms. The maximum Gasteiger partial charge on any atom is 0.317 e. The second kappa shape index (κ2) is 7.14. The topological polar surface area (TPSA) is 95.7 Å². The number of nitrogens with one attached hydrogen (secondary N) is 1. The average Bonchev–Trinajstić information content (AvgIpc) is 2.43. The third-order valence-corrected chi connectivity index (χ3v) is 4.27. The first-order chi connectivity index (χ1) is 10.8. The van der Waals surface area contributed by atoms with E-state index >= 15 is 0 Å². The molecule has 0 atom stereocenters. The summed E-state index contributed by atoms with van der Waals surface area (Å²) in [7, 11) is 0. The monoisotopic (exact) mass is 343 g/mol. The number of amides is 1. The zero-order valence-electron chi connectivity index (χ0n) is 12.7. The number of aliphatic carboxylic acids is 1. The average molecular weight is 344 g/mol. The minimum absolute atomic E-state index is 0.0105. The van der Waals surface area contributed by atoms with Crippen LogP contribution in [0.15, 0.2) is 12.1 Å². The second-order valence-corrected chi connectivity index (χ2v) is 6.04. The predicted molar refractivity (Wildman–Crippen MR) is 85.0 cm³/mol. The van der Waals surface area contributed by atoms with Gasteiger partial charge in [0, 0.05) is 17.1 Å². The minimum atomic E-state index is -0.874. The summed E-state index contributed by atoms with van der Waals surface area (Å²) in [4.78, 5) is 24.8. The molecular weight excluding hydrogens is 325 g/mol. The van der Waals surface area contributed by atoms with Crippen LogP contribution in [0.3, 0.4) is 0 Å². The first-order valence-electron chi connectivity index (χ1n) is 7.33. The molecule has 126 valence electrons. The lowest BCUT2D eigenvalue weighted by atomic mass is 9.85. The molecule has 1 aromatic rings. The number of hydrogen-bond donors (Lipinski definition) is 3. The highest BCUT2D eigenvalue weighted by Gasteiger charge is 2.35. The van der Waals surface area contributed by atoms with Gasteiger partial charge in [-0.05, 0) is 31.5 Å². The molecule has 6 nitrogen and oxygen atoms in total. The highest BCUT2D eigenvalue weighted by Crippen LogP contribution is 2.27. The van der Waals surface area contributed by atoms with Crippen molar-refractivity contribution in [2.75, 3.05) is 18.8 Å². The van der Waals surface area contributed by atoms with Gasteiger partial charge in [-0.3, -0.25) is 14.5 Å². The van der Waals surface area contributed by atoms with E-state index in [-0.39, 0.29) is 34.9 Å². The number of anilines is 1. The number of carboxylic acid groups (broad SMARTS) is 1. The molecule has 2 rings (SSSR count). The summed E-state index contributed by atoms with van der Waals surface area (Å²) in [5, 5.41) is 11.7. The molecule has 0 bridgehead atoms. The number of halogens is 2. The Morgan fingerprint density at radius 3 is 2.70 bits per heavy atom. The number of carbonyl (C=O) groups excluding carboxylic acids is 1. The van der Waals surface area contributed by atoms with Crippen molar-refractivity contribution in [1.29, 1.82) is 0 Å². The zero-order chi connectivity index (χ0) is 17.1. The van der Waals surface area contributed by atoms with Gasteiger partial charge in [-0.25, -0.2) is 4.39 Å². The summed E-state index contributed by atoms with van der Waals surface area (Å²) in [5.41, 5.74) is 5.35. The number of likely N-dealkylation sites (N-methyl/N-ethyl adjacent to an activating group) is 1. The van der Waals surface area contributed by atoms with E-state index in [0.29, 0.717) is 19.4 Å². The molecule has 0 heterocycles. The first-order valence-corrected chi connectivity index (χ1v) is 7.70. The van der Waals surface area contributed by atoms with Crippen molar-refractivity contribution in [3.63, 3.8) is 0 Å². The third-order valence-electron chi connectivity index (χ3n) is 4.05. The third kappa shape index (κ3) is 4.11. The van der Waals surface area contributed by atoms with Gasteiger partial charge < -0.3 is 16.2 Å². The van der Waals surface area contributed by atoms with Crippen LogP contribution in [0.2, 0.25) is 5.02 Å². The molecule has 1 aromatic carbocycles. The summed E-state index contributed by atoms with van der Waals surface area (Å²) in [6.07, 6.45) is 1.30. The molecule has 1 saturated carbocycles. The Kier molecular flexibility index (Phi) is 5.43. The van der Waals surface area contributed by atoms with Gasteiger partial charge in [-0.1, -0.05) is 18.5 Å². The Morgan fingerprint density at radius 1 is 1.48 bits per heavy atom. The molecule has 0 aromatic heterocycles. The van der Waals surface area contributed by atoms with Crippen LogP contribution in [0.1, 0.15) is 30.1 Å². The fraction of sp³-hybridized carbons (Fsp3) is 0.467. The summed E-state index contributed by atoms with van der Waals surface area (Å²) >= 11 is 5.74. The van der Waals surface area contributed by atoms with Gasteiger partial charge in [0.1, 0.15) is 5.82 Å². The van der Waals surface area contributed by atoms with E-state index in [0.717, 1.165) is 6.07 Å². The van der Waals surface area contributed by atoms with E-state index in [1.54, 1.807) is 0 Å². The second-order valence-electron chi connectivity index (χ2n) is 5.60. The lowest BCUT2D eigenvalue weighted by Gasteiger charge is -2.42. The number of carbonyl (C=O) groups is 2. The molecule has 0 radical (unpaired) electrons. The Balaban J connectivity index is 1.93. The maximum atomic E-state index is 13.5. The maximum absolute atomic E-state index is 13.5. The van der Waals surface area contributed by atoms with Crippen molar-refractivity contribution < 1.29 is 19.1 Å². The minimum Gasteiger partial charge on any atom is -0.480 e. The van der Waals surface area contributed by atoms with Gasteiger partial charge in [0.05, 0.1) is 17.8 Å². The van der Waals surface area contributed by atoms with Crippen LogP contribution in [0, 0.1) is 5.82 Å². The van der Waals surface area contributed by atoms with Crippen LogP contribution in [0.4, 0.5) is 10.1 Å². The summed E-state index contributed by atoms with van der Waals surface area (Å²) in [6.45, 7) is 2.50. The van der Waals surface area contributed by atoms with Gasteiger partial charge in [0.25, 0.3) is 5.91 Å². The van der Waals surface area contributed by atoms with Crippen LogP contribution >= 0.6 is 11.6 Å².